The van der Waals surface area contributed by atoms with Crippen LogP contribution in [0.2, 0.25) is 0 Å². The highest BCUT2D eigenvalue weighted by Crippen LogP contribution is 2.36. The minimum absolute atomic E-state index is 0.212. The van der Waals surface area contributed by atoms with Gasteiger partial charge < -0.3 is 19.8 Å². The van der Waals surface area contributed by atoms with Gasteiger partial charge in [0.2, 0.25) is 0 Å². The predicted octanol–water partition coefficient (Wildman–Crippen LogP) is 5.31. The van der Waals surface area contributed by atoms with Crippen LogP contribution in [0.3, 0.4) is 0 Å². The number of likely N-dealkylation sites (tertiary alicyclic amines) is 1. The van der Waals surface area contributed by atoms with Crippen molar-refractivity contribution in [3.63, 3.8) is 0 Å². The molecular formula is C22H33N3O3S. The molecule has 7 heteroatoms. The van der Waals surface area contributed by atoms with Gasteiger partial charge in [-0.2, -0.15) is 0 Å². The second kappa shape index (κ2) is 9.47. The van der Waals surface area contributed by atoms with Crippen LogP contribution in [0.4, 0.5) is 4.79 Å². The second-order valence-electron chi connectivity index (χ2n) is 9.11. The number of nitrogens with one attached hydrogen (secondary N) is 1. The van der Waals surface area contributed by atoms with E-state index in [1.54, 1.807) is 11.3 Å². The molecule has 2 N–H and O–H groups in total. The molecule has 29 heavy (non-hydrogen) atoms. The summed E-state index contributed by atoms with van der Waals surface area (Å²) in [4.78, 5) is 12.9. The summed E-state index contributed by atoms with van der Waals surface area (Å²) in [5.74, 6) is 2.40. The lowest BCUT2D eigenvalue weighted by molar-refractivity contribution is 0.183. The Bertz CT molecular complexity index is 784. The van der Waals surface area contributed by atoms with Crippen molar-refractivity contribution in [2.45, 2.75) is 70.3 Å². The molecule has 160 valence electrons. The van der Waals surface area contributed by atoms with Crippen LogP contribution in [0.1, 0.15) is 69.9 Å². The van der Waals surface area contributed by atoms with Crippen LogP contribution in [0.5, 0.6) is 0 Å². The Hall–Kier alpha value is -1.60. The number of piperidine rings is 1. The molecule has 3 heterocycles. The van der Waals surface area contributed by atoms with Gasteiger partial charge in [-0.05, 0) is 87.7 Å². The highest BCUT2D eigenvalue weighted by atomic mass is 32.1. The summed E-state index contributed by atoms with van der Waals surface area (Å²) in [6.07, 6.45) is 8.84. The summed E-state index contributed by atoms with van der Waals surface area (Å²) < 4.78 is 6.66. The minimum Gasteiger partial charge on any atom is -0.465 e. The van der Waals surface area contributed by atoms with E-state index in [9.17, 15) is 4.79 Å². The number of carbonyl (C=O) groups is 1. The second-order valence-corrected chi connectivity index (χ2v) is 10.0. The fourth-order valence-electron chi connectivity index (χ4n) is 4.59. The zero-order valence-corrected chi connectivity index (χ0v) is 18.1. The number of hydrogen-bond acceptors (Lipinski definition) is 5. The smallest absolute Gasteiger partial charge is 0.404 e. The maximum Gasteiger partial charge on any atom is 0.404 e. The van der Waals surface area contributed by atoms with Gasteiger partial charge in [-0.15, -0.1) is 11.3 Å². The van der Waals surface area contributed by atoms with Gasteiger partial charge in [-0.1, -0.05) is 12.1 Å². The van der Waals surface area contributed by atoms with Crippen molar-refractivity contribution < 1.29 is 14.4 Å². The fourth-order valence-corrected chi connectivity index (χ4v) is 5.46. The van der Waals surface area contributed by atoms with Crippen molar-refractivity contribution in [3.05, 3.63) is 17.1 Å². The molecule has 6 nitrogen and oxygen atoms in total. The molecule has 0 radical (unpaired) electrons. The van der Waals surface area contributed by atoms with E-state index < -0.39 is 6.09 Å². The molecule has 1 amide bonds. The van der Waals surface area contributed by atoms with E-state index in [1.807, 2.05) is 6.07 Å². The topological polar surface area (TPSA) is 78.6 Å². The SMILES string of the molecule is CC1CCC(NC(=O)O)CC1.c1cc2onc(C3CCN(CC4CC4)CC3)c2s1. The zero-order chi connectivity index (χ0) is 20.2. The van der Waals surface area contributed by atoms with E-state index in [0.717, 1.165) is 43.1 Å². The molecule has 3 aliphatic rings. The molecule has 1 saturated heterocycles. The van der Waals surface area contributed by atoms with Crippen LogP contribution >= 0.6 is 11.3 Å². The van der Waals surface area contributed by atoms with Gasteiger partial charge in [0.1, 0.15) is 5.69 Å². The lowest BCUT2D eigenvalue weighted by Crippen LogP contribution is -2.36. The fraction of sp³-hybridized carbons (Fsp3) is 0.727. The molecule has 0 atom stereocenters. The summed E-state index contributed by atoms with van der Waals surface area (Å²) in [5.41, 5.74) is 2.18. The van der Waals surface area contributed by atoms with Crippen molar-refractivity contribution in [2.24, 2.45) is 11.8 Å². The van der Waals surface area contributed by atoms with Crippen LogP contribution in [-0.4, -0.2) is 46.9 Å². The van der Waals surface area contributed by atoms with Crippen molar-refractivity contribution >= 4 is 27.7 Å². The van der Waals surface area contributed by atoms with Crippen molar-refractivity contribution in [2.75, 3.05) is 19.6 Å². The number of thiophene rings is 1. The van der Waals surface area contributed by atoms with Crippen LogP contribution in [0.25, 0.3) is 10.3 Å². The molecule has 1 aliphatic heterocycles. The monoisotopic (exact) mass is 419 g/mol. The number of carboxylic acid groups (broad SMARTS) is 1. The molecule has 3 fully saturated rings. The van der Waals surface area contributed by atoms with Crippen LogP contribution in [-0.2, 0) is 0 Å². The van der Waals surface area contributed by atoms with Gasteiger partial charge in [-0.25, -0.2) is 4.79 Å². The number of nitrogens with zero attached hydrogens (tertiary/aromatic N) is 2. The number of hydrogen-bond donors (Lipinski definition) is 2. The molecule has 2 saturated carbocycles. The quantitative estimate of drug-likeness (QED) is 0.702. The molecule has 0 aromatic carbocycles. The Morgan fingerprint density at radius 1 is 1.21 bits per heavy atom. The first-order valence-electron chi connectivity index (χ1n) is 11.1. The van der Waals surface area contributed by atoms with Gasteiger partial charge in [0.05, 0.1) is 4.70 Å². The average Bonchev–Trinajstić information content (AvgIpc) is 3.24. The lowest BCUT2D eigenvalue weighted by Gasteiger charge is -2.30. The summed E-state index contributed by atoms with van der Waals surface area (Å²) in [6.45, 7) is 6.03. The van der Waals surface area contributed by atoms with Crippen molar-refractivity contribution in [1.29, 1.82) is 0 Å². The van der Waals surface area contributed by atoms with E-state index in [-0.39, 0.29) is 6.04 Å². The van der Waals surface area contributed by atoms with Gasteiger partial charge in [0.25, 0.3) is 0 Å². The Labute approximate surface area is 176 Å². The van der Waals surface area contributed by atoms with Gasteiger partial charge in [-0.3, -0.25) is 0 Å². The molecule has 2 aromatic rings. The van der Waals surface area contributed by atoms with E-state index in [4.69, 9.17) is 9.63 Å². The Kier molecular flexibility index (Phi) is 6.75. The zero-order valence-electron chi connectivity index (χ0n) is 17.3. The standard InChI is InChI=1S/C14H18N2OS.C8H15NO2/c1-2-10(1)9-16-6-3-11(4-7-16)13-14-12(17-15-13)5-8-18-14;1-6-2-4-7(5-3-6)9-8(10)11/h5,8,10-11H,1-4,6-7,9H2;6-7,9H,2-5H2,1H3,(H,10,11). The van der Waals surface area contributed by atoms with Crippen molar-refractivity contribution in [1.82, 2.24) is 15.4 Å². The number of fused-ring (bicyclic) bond motifs is 1. The molecular weight excluding hydrogens is 386 g/mol. The van der Waals surface area contributed by atoms with Crippen molar-refractivity contribution in [3.8, 4) is 0 Å². The van der Waals surface area contributed by atoms with Crippen LogP contribution < -0.4 is 5.32 Å². The maximum absolute atomic E-state index is 10.2. The lowest BCUT2D eigenvalue weighted by atomic mass is 9.87. The van der Waals surface area contributed by atoms with E-state index in [2.05, 4.69) is 27.7 Å². The Morgan fingerprint density at radius 3 is 2.59 bits per heavy atom. The number of amides is 1. The largest absolute Gasteiger partial charge is 0.465 e. The molecule has 0 spiro atoms. The first-order chi connectivity index (χ1) is 14.1. The molecule has 0 unspecified atom stereocenters. The van der Waals surface area contributed by atoms with Gasteiger partial charge in [0.15, 0.2) is 5.58 Å². The first-order valence-corrected chi connectivity index (χ1v) is 12.0. The summed E-state index contributed by atoms with van der Waals surface area (Å²) in [6, 6.07) is 2.24. The minimum atomic E-state index is -0.885. The third-order valence-electron chi connectivity index (χ3n) is 6.64. The molecule has 0 bridgehead atoms. The Balaban J connectivity index is 0.000000161. The Morgan fingerprint density at radius 2 is 1.93 bits per heavy atom. The van der Waals surface area contributed by atoms with Gasteiger partial charge in [0, 0.05) is 18.5 Å². The molecule has 5 rings (SSSR count). The van der Waals surface area contributed by atoms with E-state index in [0.29, 0.717) is 5.92 Å². The third kappa shape index (κ3) is 5.72. The number of rotatable bonds is 4. The summed E-state index contributed by atoms with van der Waals surface area (Å²) >= 11 is 1.77. The van der Waals surface area contributed by atoms with E-state index >= 15 is 0 Å². The third-order valence-corrected chi connectivity index (χ3v) is 7.55. The highest BCUT2D eigenvalue weighted by molar-refractivity contribution is 7.17. The number of aromatic nitrogens is 1. The van der Waals surface area contributed by atoms with Crippen LogP contribution in [0, 0.1) is 11.8 Å². The van der Waals surface area contributed by atoms with E-state index in [1.165, 1.54) is 55.7 Å². The predicted molar refractivity (Wildman–Crippen MR) is 116 cm³/mol. The van der Waals surface area contributed by atoms with Gasteiger partial charge >= 0.3 is 6.09 Å². The maximum atomic E-state index is 10.2. The molecule has 2 aliphatic carbocycles. The summed E-state index contributed by atoms with van der Waals surface area (Å²) in [7, 11) is 0. The highest BCUT2D eigenvalue weighted by Gasteiger charge is 2.29. The first kappa shape index (κ1) is 20.7. The molecule has 2 aromatic heterocycles. The average molecular weight is 420 g/mol. The van der Waals surface area contributed by atoms with Crippen LogP contribution in [0.15, 0.2) is 16.0 Å². The summed E-state index contributed by atoms with van der Waals surface area (Å²) in [5, 5.41) is 17.3. The normalized spacial score (nSPS) is 26.1.